The maximum atomic E-state index is 12.3. The minimum atomic E-state index is -1.46. The van der Waals surface area contributed by atoms with E-state index in [9.17, 15) is 9.59 Å². The van der Waals surface area contributed by atoms with Crippen molar-refractivity contribution in [1.82, 2.24) is 10.9 Å². The molecule has 0 aliphatic carbocycles. The van der Waals surface area contributed by atoms with E-state index in [-0.39, 0.29) is 18.1 Å². The van der Waals surface area contributed by atoms with E-state index in [0.29, 0.717) is 5.70 Å². The van der Waals surface area contributed by atoms with Crippen LogP contribution in [0.2, 0.25) is 0 Å². The SMILES string of the molecule is CCOC(=O)C1(C=C(C)NNC(N)=S)CC(C)(C)OC1=O. The molecule has 0 aromatic rings. The van der Waals surface area contributed by atoms with Crippen LogP contribution in [0.25, 0.3) is 0 Å². The summed E-state index contributed by atoms with van der Waals surface area (Å²) >= 11 is 4.67. The normalized spacial score (nSPS) is 24.2. The summed E-state index contributed by atoms with van der Waals surface area (Å²) < 4.78 is 10.3. The van der Waals surface area contributed by atoms with Crippen LogP contribution < -0.4 is 16.6 Å². The van der Waals surface area contributed by atoms with Gasteiger partial charge in [-0.1, -0.05) is 0 Å². The molecular formula is C13H21N3O4S. The highest BCUT2D eigenvalue weighted by Gasteiger charge is 2.57. The molecule has 1 fully saturated rings. The lowest BCUT2D eigenvalue weighted by molar-refractivity contribution is -0.162. The fourth-order valence-corrected chi connectivity index (χ4v) is 2.32. The Bertz CT molecular complexity index is 490. The Morgan fingerprint density at radius 2 is 2.14 bits per heavy atom. The predicted octanol–water partition coefficient (Wildman–Crippen LogP) is 0.503. The number of hydrazine groups is 1. The van der Waals surface area contributed by atoms with Crippen molar-refractivity contribution >= 4 is 29.3 Å². The monoisotopic (exact) mass is 315 g/mol. The lowest BCUT2D eigenvalue weighted by atomic mass is 9.80. The van der Waals surface area contributed by atoms with E-state index in [4.69, 9.17) is 15.2 Å². The van der Waals surface area contributed by atoms with Crippen molar-refractivity contribution in [3.05, 3.63) is 11.8 Å². The van der Waals surface area contributed by atoms with Gasteiger partial charge < -0.3 is 20.6 Å². The fraction of sp³-hybridized carbons (Fsp3) is 0.615. The third kappa shape index (κ3) is 4.07. The van der Waals surface area contributed by atoms with Crippen molar-refractivity contribution in [2.24, 2.45) is 11.1 Å². The fourth-order valence-electron chi connectivity index (χ4n) is 2.27. The summed E-state index contributed by atoms with van der Waals surface area (Å²) in [5.74, 6) is -1.25. The molecule has 0 bridgehead atoms. The van der Waals surface area contributed by atoms with E-state index in [1.165, 1.54) is 6.08 Å². The second-order valence-corrected chi connectivity index (χ2v) is 5.90. The molecule has 21 heavy (non-hydrogen) atoms. The zero-order valence-electron chi connectivity index (χ0n) is 12.6. The van der Waals surface area contributed by atoms with E-state index in [2.05, 4.69) is 23.1 Å². The highest BCUT2D eigenvalue weighted by atomic mass is 32.1. The average Bonchev–Trinajstić information content (AvgIpc) is 2.57. The number of rotatable bonds is 5. The first kappa shape index (κ1) is 17.2. The quantitative estimate of drug-likeness (QED) is 0.292. The Morgan fingerprint density at radius 1 is 1.52 bits per heavy atom. The molecule has 7 nitrogen and oxygen atoms in total. The van der Waals surface area contributed by atoms with Crippen LogP contribution in [0.4, 0.5) is 0 Å². The van der Waals surface area contributed by atoms with Crippen LogP contribution in [0, 0.1) is 5.41 Å². The number of carbonyl (C=O) groups excluding carboxylic acids is 2. The van der Waals surface area contributed by atoms with Crippen LogP contribution >= 0.6 is 12.2 Å². The van der Waals surface area contributed by atoms with Crippen molar-refractivity contribution in [2.45, 2.75) is 39.7 Å². The summed E-state index contributed by atoms with van der Waals surface area (Å²) in [6.07, 6.45) is 1.68. The van der Waals surface area contributed by atoms with E-state index in [1.54, 1.807) is 27.7 Å². The molecule has 1 aliphatic rings. The summed E-state index contributed by atoms with van der Waals surface area (Å²) in [5.41, 5.74) is 8.85. The lowest BCUT2D eigenvalue weighted by Gasteiger charge is -2.21. The van der Waals surface area contributed by atoms with Crippen LogP contribution in [0.15, 0.2) is 11.8 Å². The number of allylic oxidation sites excluding steroid dienone is 1. The van der Waals surface area contributed by atoms with Crippen LogP contribution in [0.3, 0.4) is 0 Å². The molecule has 1 aliphatic heterocycles. The van der Waals surface area contributed by atoms with Crippen LogP contribution in [-0.4, -0.2) is 29.3 Å². The van der Waals surface area contributed by atoms with E-state index >= 15 is 0 Å². The summed E-state index contributed by atoms with van der Waals surface area (Å²) in [6.45, 7) is 7.02. The van der Waals surface area contributed by atoms with Gasteiger partial charge in [0.05, 0.1) is 6.61 Å². The number of ether oxygens (including phenoxy) is 2. The van der Waals surface area contributed by atoms with Gasteiger partial charge in [-0.05, 0) is 46.0 Å². The molecule has 1 atom stereocenters. The van der Waals surface area contributed by atoms with Crippen molar-refractivity contribution in [2.75, 3.05) is 6.61 Å². The third-order valence-electron chi connectivity index (χ3n) is 2.92. The zero-order valence-corrected chi connectivity index (χ0v) is 13.4. The Balaban J connectivity index is 3.09. The topological polar surface area (TPSA) is 103 Å². The van der Waals surface area contributed by atoms with Gasteiger partial charge >= 0.3 is 11.9 Å². The molecule has 1 unspecified atom stereocenters. The molecule has 1 saturated heterocycles. The maximum Gasteiger partial charge on any atom is 0.328 e. The van der Waals surface area contributed by atoms with Gasteiger partial charge in [-0.3, -0.25) is 15.0 Å². The number of cyclic esters (lactones) is 1. The number of thiocarbonyl (C=S) groups is 1. The van der Waals surface area contributed by atoms with E-state index < -0.39 is 23.0 Å². The highest BCUT2D eigenvalue weighted by molar-refractivity contribution is 7.80. The Kier molecular flexibility index (Phi) is 5.16. The zero-order chi connectivity index (χ0) is 16.3. The third-order valence-corrected chi connectivity index (χ3v) is 3.03. The van der Waals surface area contributed by atoms with Crippen molar-refractivity contribution in [1.29, 1.82) is 0 Å². The number of hydrogen-bond acceptors (Lipinski definition) is 6. The van der Waals surface area contributed by atoms with Crippen LogP contribution in [0.5, 0.6) is 0 Å². The number of esters is 2. The van der Waals surface area contributed by atoms with Gasteiger partial charge in [-0.25, -0.2) is 0 Å². The lowest BCUT2D eigenvalue weighted by Crippen LogP contribution is -2.42. The van der Waals surface area contributed by atoms with Gasteiger partial charge in [0.15, 0.2) is 10.5 Å². The molecule has 8 heteroatoms. The summed E-state index contributed by atoms with van der Waals surface area (Å²) in [7, 11) is 0. The number of hydrogen-bond donors (Lipinski definition) is 3. The number of carbonyl (C=O) groups is 2. The van der Waals surface area contributed by atoms with E-state index in [0.717, 1.165) is 0 Å². The molecule has 4 N–H and O–H groups in total. The Hall–Kier alpha value is -1.83. The molecule has 0 aromatic heterocycles. The molecule has 0 amide bonds. The van der Waals surface area contributed by atoms with Crippen molar-refractivity contribution in [3.63, 3.8) is 0 Å². The molecule has 0 radical (unpaired) electrons. The first-order valence-corrected chi connectivity index (χ1v) is 6.95. The number of nitrogens with two attached hydrogens (primary N) is 1. The minimum absolute atomic E-state index is 0.0438. The van der Waals surface area contributed by atoms with Gasteiger partial charge in [0.2, 0.25) is 0 Å². The molecule has 118 valence electrons. The molecule has 0 saturated carbocycles. The minimum Gasteiger partial charge on any atom is -0.465 e. The largest absolute Gasteiger partial charge is 0.465 e. The summed E-state index contributed by atoms with van der Waals surface area (Å²) in [5, 5.41) is 0.0438. The standard InChI is InChI=1S/C13H21N3O4S/c1-5-19-9(17)13(6-8(2)15-16-11(14)21)7-12(3,4)20-10(13)18/h6,15H,5,7H2,1-4H3,(H3,14,16,21). The summed E-state index contributed by atoms with van der Waals surface area (Å²) in [4.78, 5) is 24.5. The second kappa shape index (κ2) is 6.30. The first-order valence-electron chi connectivity index (χ1n) is 6.54. The predicted molar refractivity (Wildman–Crippen MR) is 80.7 cm³/mol. The molecular weight excluding hydrogens is 294 g/mol. The maximum absolute atomic E-state index is 12.3. The van der Waals surface area contributed by atoms with E-state index in [1.807, 2.05) is 0 Å². The highest BCUT2D eigenvalue weighted by Crippen LogP contribution is 2.43. The van der Waals surface area contributed by atoms with Gasteiger partial charge in [0.25, 0.3) is 0 Å². The van der Waals surface area contributed by atoms with Crippen molar-refractivity contribution in [3.8, 4) is 0 Å². The molecule has 0 spiro atoms. The Morgan fingerprint density at radius 3 is 2.57 bits per heavy atom. The molecule has 1 heterocycles. The van der Waals surface area contributed by atoms with Crippen LogP contribution in [-0.2, 0) is 19.1 Å². The Labute approximate surface area is 129 Å². The summed E-state index contributed by atoms with van der Waals surface area (Å²) in [6, 6.07) is 0. The first-order chi connectivity index (χ1) is 9.63. The number of nitrogens with one attached hydrogen (secondary N) is 2. The second-order valence-electron chi connectivity index (χ2n) is 5.46. The average molecular weight is 315 g/mol. The van der Waals surface area contributed by atoms with Gasteiger partial charge in [-0.2, -0.15) is 0 Å². The van der Waals surface area contributed by atoms with Crippen LogP contribution in [0.1, 0.15) is 34.1 Å². The molecule has 1 rings (SSSR count). The molecule has 0 aromatic carbocycles. The van der Waals surface area contributed by atoms with Gasteiger partial charge in [-0.15, -0.1) is 0 Å². The van der Waals surface area contributed by atoms with Crippen molar-refractivity contribution < 1.29 is 19.1 Å². The smallest absolute Gasteiger partial charge is 0.328 e. The van der Waals surface area contributed by atoms with Gasteiger partial charge in [0.1, 0.15) is 5.60 Å². The van der Waals surface area contributed by atoms with Gasteiger partial charge in [0, 0.05) is 12.1 Å².